The van der Waals surface area contributed by atoms with Gasteiger partial charge in [-0.1, -0.05) is 25.1 Å². The summed E-state index contributed by atoms with van der Waals surface area (Å²) in [6.07, 6.45) is 1.08. The molecule has 2 atom stereocenters. The van der Waals surface area contributed by atoms with Crippen molar-refractivity contribution in [3.05, 3.63) is 35.6 Å². The Morgan fingerprint density at radius 3 is 2.59 bits per heavy atom. The fourth-order valence-corrected chi connectivity index (χ4v) is 1.96. The number of hydrogen-bond acceptors (Lipinski definition) is 2. The molecule has 0 aliphatic rings. The van der Waals surface area contributed by atoms with Gasteiger partial charge in [0.05, 0.1) is 5.92 Å². The Hall–Kier alpha value is -1.42. The molecule has 4 heteroatoms. The minimum Gasteiger partial charge on any atom is -0.481 e. The first-order valence-corrected chi connectivity index (χ1v) is 5.77. The highest BCUT2D eigenvalue weighted by molar-refractivity contribution is 5.70. The maximum Gasteiger partial charge on any atom is 0.307 e. The normalized spacial score (nSPS) is 14.3. The Kier molecular flexibility index (Phi) is 5.10. The van der Waals surface area contributed by atoms with Gasteiger partial charge in [0.2, 0.25) is 0 Å². The molecule has 0 aliphatic heterocycles. The van der Waals surface area contributed by atoms with E-state index < -0.39 is 11.9 Å². The summed E-state index contributed by atoms with van der Waals surface area (Å²) in [5.74, 6) is -1.90. The van der Waals surface area contributed by atoms with Crippen molar-refractivity contribution >= 4 is 5.97 Å². The molecular formula is C13H18FNO2. The Morgan fingerprint density at radius 2 is 2.12 bits per heavy atom. The fraction of sp³-hybridized carbons (Fsp3) is 0.462. The van der Waals surface area contributed by atoms with E-state index in [1.54, 1.807) is 18.2 Å². The highest BCUT2D eigenvalue weighted by atomic mass is 19.1. The molecule has 1 aromatic carbocycles. The van der Waals surface area contributed by atoms with Gasteiger partial charge < -0.3 is 10.8 Å². The van der Waals surface area contributed by atoms with E-state index in [1.165, 1.54) is 6.07 Å². The van der Waals surface area contributed by atoms with E-state index in [0.717, 1.165) is 0 Å². The van der Waals surface area contributed by atoms with Crippen molar-refractivity contribution in [3.63, 3.8) is 0 Å². The Morgan fingerprint density at radius 1 is 1.47 bits per heavy atom. The Labute approximate surface area is 100 Å². The predicted molar refractivity (Wildman–Crippen MR) is 64.2 cm³/mol. The van der Waals surface area contributed by atoms with Gasteiger partial charge in [-0.25, -0.2) is 4.39 Å². The molecule has 0 radical (unpaired) electrons. The molecule has 17 heavy (non-hydrogen) atoms. The van der Waals surface area contributed by atoms with Crippen LogP contribution in [0, 0.1) is 11.7 Å². The van der Waals surface area contributed by atoms with Crippen molar-refractivity contribution < 1.29 is 14.3 Å². The molecule has 3 nitrogen and oxygen atoms in total. The lowest BCUT2D eigenvalue weighted by Gasteiger charge is -2.19. The molecule has 94 valence electrons. The van der Waals surface area contributed by atoms with Crippen LogP contribution in [0.15, 0.2) is 24.3 Å². The molecule has 0 saturated heterocycles. The maximum atomic E-state index is 13.6. The van der Waals surface area contributed by atoms with Crippen molar-refractivity contribution in [1.82, 2.24) is 0 Å². The van der Waals surface area contributed by atoms with Gasteiger partial charge in [0.15, 0.2) is 0 Å². The minimum atomic E-state index is -0.915. The second-order valence-corrected chi connectivity index (χ2v) is 4.13. The summed E-state index contributed by atoms with van der Waals surface area (Å²) in [5.41, 5.74) is 6.00. The number of aliphatic carboxylic acids is 1. The number of rotatable bonds is 6. The smallest absolute Gasteiger partial charge is 0.307 e. The first-order chi connectivity index (χ1) is 8.10. The van der Waals surface area contributed by atoms with Crippen molar-refractivity contribution in [2.24, 2.45) is 11.7 Å². The molecule has 0 bridgehead atoms. The molecule has 0 fully saturated rings. The standard InChI is InChI=1S/C13H18FNO2/c1-2-9(7-10(8-15)13(16)17)11-5-3-4-6-12(11)14/h3-6,9-10H,2,7-8,15H2,1H3,(H,16,17). The van der Waals surface area contributed by atoms with Gasteiger partial charge >= 0.3 is 5.97 Å². The summed E-state index contributed by atoms with van der Waals surface area (Å²) < 4.78 is 13.6. The monoisotopic (exact) mass is 239 g/mol. The van der Waals surface area contributed by atoms with Gasteiger partial charge in [0.1, 0.15) is 5.82 Å². The van der Waals surface area contributed by atoms with E-state index in [-0.39, 0.29) is 18.3 Å². The highest BCUT2D eigenvalue weighted by Crippen LogP contribution is 2.28. The largest absolute Gasteiger partial charge is 0.481 e. The Bertz CT molecular complexity index is 381. The number of carboxylic acids is 1. The van der Waals surface area contributed by atoms with Crippen LogP contribution in [0.5, 0.6) is 0 Å². The third kappa shape index (κ3) is 3.53. The zero-order valence-electron chi connectivity index (χ0n) is 9.90. The van der Waals surface area contributed by atoms with Gasteiger partial charge in [0, 0.05) is 6.54 Å². The SMILES string of the molecule is CCC(CC(CN)C(=O)O)c1ccccc1F. The van der Waals surface area contributed by atoms with Gasteiger partial charge in [-0.15, -0.1) is 0 Å². The third-order valence-electron chi connectivity index (χ3n) is 3.04. The third-order valence-corrected chi connectivity index (χ3v) is 3.04. The minimum absolute atomic E-state index is 0.0836. The van der Waals surface area contributed by atoms with Gasteiger partial charge in [-0.2, -0.15) is 0 Å². The van der Waals surface area contributed by atoms with Gasteiger partial charge in [-0.3, -0.25) is 4.79 Å². The van der Waals surface area contributed by atoms with Gasteiger partial charge in [0.25, 0.3) is 0 Å². The van der Waals surface area contributed by atoms with Crippen molar-refractivity contribution in [2.45, 2.75) is 25.7 Å². The van der Waals surface area contributed by atoms with Crippen molar-refractivity contribution in [2.75, 3.05) is 6.54 Å². The lowest BCUT2D eigenvalue weighted by molar-refractivity contribution is -0.141. The van der Waals surface area contributed by atoms with Crippen LogP contribution in [-0.2, 0) is 4.79 Å². The summed E-state index contributed by atoms with van der Waals surface area (Å²) in [6, 6.07) is 6.50. The summed E-state index contributed by atoms with van der Waals surface area (Å²) in [5, 5.41) is 8.96. The molecule has 0 aliphatic carbocycles. The molecule has 1 rings (SSSR count). The molecule has 2 unspecified atom stereocenters. The lowest BCUT2D eigenvalue weighted by Crippen LogP contribution is -2.25. The van der Waals surface area contributed by atoms with Gasteiger partial charge in [-0.05, 0) is 30.4 Å². The average Bonchev–Trinajstić information content (AvgIpc) is 2.31. The first kappa shape index (κ1) is 13.6. The van der Waals surface area contributed by atoms with E-state index in [1.807, 2.05) is 6.92 Å². The lowest BCUT2D eigenvalue weighted by atomic mass is 9.86. The molecule has 0 heterocycles. The molecule has 0 aromatic heterocycles. The molecule has 0 spiro atoms. The zero-order valence-corrected chi connectivity index (χ0v) is 9.90. The summed E-state index contributed by atoms with van der Waals surface area (Å²) in [6.45, 7) is 2.01. The van der Waals surface area contributed by atoms with E-state index in [2.05, 4.69) is 0 Å². The number of halogens is 1. The predicted octanol–water partition coefficient (Wildman–Crippen LogP) is 2.37. The number of hydrogen-bond donors (Lipinski definition) is 2. The van der Waals surface area contributed by atoms with Crippen molar-refractivity contribution in [3.8, 4) is 0 Å². The fourth-order valence-electron chi connectivity index (χ4n) is 1.96. The van der Waals surface area contributed by atoms with Crippen LogP contribution in [0.1, 0.15) is 31.2 Å². The van der Waals surface area contributed by atoms with Crippen LogP contribution < -0.4 is 5.73 Å². The quantitative estimate of drug-likeness (QED) is 0.801. The maximum absolute atomic E-state index is 13.6. The molecular weight excluding hydrogens is 221 g/mol. The number of carboxylic acid groups (broad SMARTS) is 1. The topological polar surface area (TPSA) is 63.3 Å². The van der Waals surface area contributed by atoms with Crippen LogP contribution in [-0.4, -0.2) is 17.6 Å². The van der Waals surface area contributed by atoms with E-state index in [0.29, 0.717) is 18.4 Å². The van der Waals surface area contributed by atoms with Crippen LogP contribution in [0.2, 0.25) is 0 Å². The van der Waals surface area contributed by atoms with E-state index >= 15 is 0 Å². The summed E-state index contributed by atoms with van der Waals surface area (Å²) in [7, 11) is 0. The van der Waals surface area contributed by atoms with Crippen LogP contribution in [0.3, 0.4) is 0 Å². The molecule has 0 amide bonds. The number of nitrogens with two attached hydrogens (primary N) is 1. The second-order valence-electron chi connectivity index (χ2n) is 4.13. The van der Waals surface area contributed by atoms with Crippen LogP contribution in [0.4, 0.5) is 4.39 Å². The number of benzene rings is 1. The van der Waals surface area contributed by atoms with Crippen molar-refractivity contribution in [1.29, 1.82) is 0 Å². The highest BCUT2D eigenvalue weighted by Gasteiger charge is 2.22. The average molecular weight is 239 g/mol. The Balaban J connectivity index is 2.85. The summed E-state index contributed by atoms with van der Waals surface area (Å²) in [4.78, 5) is 10.9. The first-order valence-electron chi connectivity index (χ1n) is 5.77. The van der Waals surface area contributed by atoms with Crippen LogP contribution in [0.25, 0.3) is 0 Å². The number of carbonyl (C=O) groups is 1. The zero-order chi connectivity index (χ0) is 12.8. The molecule has 0 saturated carbocycles. The second kappa shape index (κ2) is 6.35. The van der Waals surface area contributed by atoms with E-state index in [9.17, 15) is 9.18 Å². The molecule has 1 aromatic rings. The van der Waals surface area contributed by atoms with Crippen LogP contribution >= 0.6 is 0 Å². The van der Waals surface area contributed by atoms with E-state index in [4.69, 9.17) is 10.8 Å². The summed E-state index contributed by atoms with van der Waals surface area (Å²) >= 11 is 0. The molecule has 3 N–H and O–H groups in total.